The summed E-state index contributed by atoms with van der Waals surface area (Å²) in [5.74, 6) is 1.02. The first-order chi connectivity index (χ1) is 9.21. The number of amides is 1. The van der Waals surface area contributed by atoms with Crippen molar-refractivity contribution in [3.8, 4) is 5.75 Å². The van der Waals surface area contributed by atoms with Gasteiger partial charge in [-0.05, 0) is 43.5 Å². The van der Waals surface area contributed by atoms with E-state index < -0.39 is 0 Å². The molecule has 0 aliphatic rings. The number of rotatable bonds is 8. The second-order valence-corrected chi connectivity index (χ2v) is 4.45. The zero-order valence-corrected chi connectivity index (χ0v) is 11.7. The summed E-state index contributed by atoms with van der Waals surface area (Å²) >= 11 is 0. The smallest absolute Gasteiger partial charge is 0.251 e. The summed E-state index contributed by atoms with van der Waals surface area (Å²) in [4.78, 5) is 11.9. The summed E-state index contributed by atoms with van der Waals surface area (Å²) in [7, 11) is 0. The zero-order valence-electron chi connectivity index (χ0n) is 11.7. The van der Waals surface area contributed by atoms with Crippen LogP contribution in [0, 0.1) is 5.92 Å². The van der Waals surface area contributed by atoms with Crippen molar-refractivity contribution in [2.45, 2.75) is 26.7 Å². The molecule has 106 valence electrons. The van der Waals surface area contributed by atoms with Crippen LogP contribution in [0.3, 0.4) is 0 Å². The second kappa shape index (κ2) is 8.53. The van der Waals surface area contributed by atoms with E-state index in [1.807, 2.05) is 6.92 Å². The van der Waals surface area contributed by atoms with Crippen LogP contribution in [-0.4, -0.2) is 30.8 Å². The number of carbonyl (C=O) groups is 1. The number of ether oxygens (including phenoxy) is 1. The van der Waals surface area contributed by atoms with Crippen molar-refractivity contribution in [2.75, 3.05) is 19.8 Å². The number of aliphatic hydroxyl groups is 1. The summed E-state index contributed by atoms with van der Waals surface area (Å²) in [6, 6.07) is 7.10. The molecule has 4 heteroatoms. The molecule has 0 aliphatic heterocycles. The molecule has 0 aliphatic carbocycles. The van der Waals surface area contributed by atoms with Crippen LogP contribution in [0.4, 0.5) is 0 Å². The highest BCUT2D eigenvalue weighted by molar-refractivity contribution is 5.94. The number of hydrogen-bond acceptors (Lipinski definition) is 3. The Hall–Kier alpha value is -1.55. The van der Waals surface area contributed by atoms with Gasteiger partial charge in [-0.3, -0.25) is 4.79 Å². The van der Waals surface area contributed by atoms with Crippen LogP contribution in [0.1, 0.15) is 37.0 Å². The van der Waals surface area contributed by atoms with E-state index in [1.54, 1.807) is 24.3 Å². The molecule has 0 heterocycles. The maximum Gasteiger partial charge on any atom is 0.251 e. The minimum atomic E-state index is -0.0839. The fourth-order valence-corrected chi connectivity index (χ4v) is 1.84. The van der Waals surface area contributed by atoms with Gasteiger partial charge in [-0.2, -0.15) is 0 Å². The van der Waals surface area contributed by atoms with Crippen molar-refractivity contribution in [3.63, 3.8) is 0 Å². The van der Waals surface area contributed by atoms with E-state index in [4.69, 9.17) is 9.84 Å². The van der Waals surface area contributed by atoms with Gasteiger partial charge in [-0.15, -0.1) is 0 Å². The maximum absolute atomic E-state index is 11.9. The van der Waals surface area contributed by atoms with Crippen LogP contribution >= 0.6 is 0 Å². The Kier molecular flexibility index (Phi) is 6.97. The van der Waals surface area contributed by atoms with E-state index in [1.165, 1.54) is 0 Å². The molecule has 1 rings (SSSR count). The molecule has 0 radical (unpaired) electrons. The van der Waals surface area contributed by atoms with E-state index >= 15 is 0 Å². The molecule has 2 N–H and O–H groups in total. The highest BCUT2D eigenvalue weighted by Gasteiger charge is 2.09. The molecule has 0 saturated carbocycles. The molecule has 0 spiro atoms. The Morgan fingerprint density at radius 2 is 2.00 bits per heavy atom. The Labute approximate surface area is 114 Å². The van der Waals surface area contributed by atoms with Crippen molar-refractivity contribution in [1.82, 2.24) is 5.32 Å². The number of carbonyl (C=O) groups excluding carboxylic acids is 1. The minimum absolute atomic E-state index is 0.0839. The number of aliphatic hydroxyl groups excluding tert-OH is 1. The average molecular weight is 265 g/mol. The van der Waals surface area contributed by atoms with Crippen molar-refractivity contribution in [1.29, 1.82) is 0 Å². The predicted octanol–water partition coefficient (Wildman–Crippen LogP) is 2.22. The Bertz CT molecular complexity index is 375. The van der Waals surface area contributed by atoms with Crippen LogP contribution in [0.5, 0.6) is 5.75 Å². The third kappa shape index (κ3) is 5.30. The predicted molar refractivity (Wildman–Crippen MR) is 75.4 cm³/mol. The van der Waals surface area contributed by atoms with E-state index in [2.05, 4.69) is 12.2 Å². The molecule has 4 nitrogen and oxygen atoms in total. The zero-order chi connectivity index (χ0) is 14.1. The van der Waals surface area contributed by atoms with Gasteiger partial charge in [0, 0.05) is 18.7 Å². The standard InChI is InChI=1S/C15H23NO3/c1-3-12(9-10-17)11-16-15(18)13-5-7-14(8-6-13)19-4-2/h5-8,12,17H,3-4,9-11H2,1-2H3,(H,16,18). The topological polar surface area (TPSA) is 58.6 Å². The van der Waals surface area contributed by atoms with Gasteiger partial charge in [0.2, 0.25) is 0 Å². The van der Waals surface area contributed by atoms with Crippen LogP contribution in [0.2, 0.25) is 0 Å². The third-order valence-electron chi connectivity index (χ3n) is 3.09. The lowest BCUT2D eigenvalue weighted by Crippen LogP contribution is -2.29. The lowest BCUT2D eigenvalue weighted by molar-refractivity contribution is 0.0943. The van der Waals surface area contributed by atoms with E-state index in [9.17, 15) is 4.79 Å². The van der Waals surface area contributed by atoms with Crippen LogP contribution in [0.25, 0.3) is 0 Å². The molecule has 1 aromatic carbocycles. The van der Waals surface area contributed by atoms with E-state index in [-0.39, 0.29) is 12.5 Å². The lowest BCUT2D eigenvalue weighted by Gasteiger charge is -2.14. The van der Waals surface area contributed by atoms with Gasteiger partial charge in [-0.1, -0.05) is 13.3 Å². The molecular weight excluding hydrogens is 242 g/mol. The molecule has 0 fully saturated rings. The molecule has 1 amide bonds. The first-order valence-electron chi connectivity index (χ1n) is 6.83. The first-order valence-corrected chi connectivity index (χ1v) is 6.83. The number of hydrogen-bond donors (Lipinski definition) is 2. The van der Waals surface area contributed by atoms with E-state index in [0.29, 0.717) is 24.6 Å². The van der Waals surface area contributed by atoms with E-state index in [0.717, 1.165) is 18.6 Å². The van der Waals surface area contributed by atoms with Gasteiger partial charge in [0.15, 0.2) is 0 Å². The van der Waals surface area contributed by atoms with Gasteiger partial charge >= 0.3 is 0 Å². The highest BCUT2D eigenvalue weighted by Crippen LogP contribution is 2.12. The Morgan fingerprint density at radius 1 is 1.32 bits per heavy atom. The van der Waals surface area contributed by atoms with Crippen molar-refractivity contribution in [2.24, 2.45) is 5.92 Å². The number of nitrogens with one attached hydrogen (secondary N) is 1. The monoisotopic (exact) mass is 265 g/mol. The molecule has 1 aromatic rings. The molecule has 19 heavy (non-hydrogen) atoms. The summed E-state index contributed by atoms with van der Waals surface area (Å²) in [5.41, 5.74) is 0.627. The SMILES string of the molecule is CCOc1ccc(C(=O)NCC(CC)CCO)cc1. The summed E-state index contributed by atoms with van der Waals surface area (Å²) in [5, 5.41) is 11.8. The van der Waals surface area contributed by atoms with Gasteiger partial charge < -0.3 is 15.2 Å². The average Bonchev–Trinajstić information content (AvgIpc) is 2.44. The first kappa shape index (κ1) is 15.5. The summed E-state index contributed by atoms with van der Waals surface area (Å²) in [6.07, 6.45) is 1.67. The van der Waals surface area contributed by atoms with Crippen LogP contribution < -0.4 is 10.1 Å². The Balaban J connectivity index is 2.48. The second-order valence-electron chi connectivity index (χ2n) is 4.45. The quantitative estimate of drug-likeness (QED) is 0.757. The lowest BCUT2D eigenvalue weighted by atomic mass is 10.0. The third-order valence-corrected chi connectivity index (χ3v) is 3.09. The molecule has 1 atom stereocenters. The fraction of sp³-hybridized carbons (Fsp3) is 0.533. The summed E-state index contributed by atoms with van der Waals surface area (Å²) < 4.78 is 5.33. The normalized spacial score (nSPS) is 11.9. The van der Waals surface area contributed by atoms with Crippen molar-refractivity contribution < 1.29 is 14.6 Å². The minimum Gasteiger partial charge on any atom is -0.494 e. The number of benzene rings is 1. The maximum atomic E-state index is 11.9. The Morgan fingerprint density at radius 3 is 2.53 bits per heavy atom. The largest absolute Gasteiger partial charge is 0.494 e. The molecule has 0 saturated heterocycles. The summed E-state index contributed by atoms with van der Waals surface area (Å²) in [6.45, 7) is 5.36. The van der Waals surface area contributed by atoms with Crippen molar-refractivity contribution >= 4 is 5.91 Å². The molecule has 0 aromatic heterocycles. The molecular formula is C15H23NO3. The van der Waals surface area contributed by atoms with Crippen molar-refractivity contribution in [3.05, 3.63) is 29.8 Å². The molecule has 0 bridgehead atoms. The van der Waals surface area contributed by atoms with Gasteiger partial charge in [0.1, 0.15) is 5.75 Å². The molecule has 1 unspecified atom stereocenters. The van der Waals surface area contributed by atoms with Gasteiger partial charge in [0.25, 0.3) is 5.91 Å². The van der Waals surface area contributed by atoms with Crippen LogP contribution in [-0.2, 0) is 0 Å². The van der Waals surface area contributed by atoms with Crippen LogP contribution in [0.15, 0.2) is 24.3 Å². The van der Waals surface area contributed by atoms with Gasteiger partial charge in [0.05, 0.1) is 6.61 Å². The van der Waals surface area contributed by atoms with Gasteiger partial charge in [-0.25, -0.2) is 0 Å². The highest BCUT2D eigenvalue weighted by atomic mass is 16.5. The fourth-order valence-electron chi connectivity index (χ4n) is 1.84.